The Hall–Kier alpha value is -3.17. The number of hydrogen-bond donors (Lipinski definition) is 1. The van der Waals surface area contributed by atoms with E-state index in [1.54, 1.807) is 0 Å². The minimum Gasteiger partial charge on any atom is -0.490 e. The van der Waals surface area contributed by atoms with E-state index in [-0.39, 0.29) is 0 Å². The molecule has 4 aromatic carbocycles. The Morgan fingerprint density at radius 2 is 1.56 bits per heavy atom. The van der Waals surface area contributed by atoms with E-state index in [1.165, 1.54) is 16.3 Å². The van der Waals surface area contributed by atoms with Crippen molar-refractivity contribution >= 4 is 28.1 Å². The highest BCUT2D eigenvalue weighted by molar-refractivity contribution is 6.32. The highest BCUT2D eigenvalue weighted by Gasteiger charge is 2.14. The van der Waals surface area contributed by atoms with Crippen LogP contribution in [0.15, 0.2) is 78.9 Å². The monoisotopic (exact) mass is 445 g/mol. The molecule has 0 spiro atoms. The number of nitrogens with one attached hydrogen (secondary N) is 1. The Morgan fingerprint density at radius 1 is 0.812 bits per heavy atom. The third kappa shape index (κ3) is 5.00. The average molecular weight is 446 g/mol. The van der Waals surface area contributed by atoms with Crippen molar-refractivity contribution in [3.63, 3.8) is 0 Å². The molecule has 0 amide bonds. The quantitative estimate of drug-likeness (QED) is 0.287. The molecule has 4 aromatic rings. The average Bonchev–Trinajstić information content (AvgIpc) is 2.82. The Bertz CT molecular complexity index is 1200. The molecule has 0 aromatic heterocycles. The van der Waals surface area contributed by atoms with Crippen LogP contribution in [0.1, 0.15) is 30.5 Å². The van der Waals surface area contributed by atoms with Crippen LogP contribution in [-0.4, -0.2) is 6.61 Å². The predicted octanol–water partition coefficient (Wildman–Crippen LogP) is 7.65. The number of aryl methyl sites for hydroxylation is 1. The normalized spacial score (nSPS) is 10.8. The standard InChI is InChI=1S/C28H28ClNO2/c1-3-21-10-6-8-15-26(21)30-18-20-16-25(29)28(27(17-20)31-4-2)32-19-23-13-9-12-22-11-5-7-14-24(22)23/h5-17,30H,3-4,18-19H2,1-2H3. The van der Waals surface area contributed by atoms with Gasteiger partial charge in [0, 0.05) is 12.2 Å². The van der Waals surface area contributed by atoms with Crippen molar-refractivity contribution in [3.8, 4) is 11.5 Å². The maximum Gasteiger partial charge on any atom is 0.180 e. The molecule has 0 saturated carbocycles. The number of anilines is 1. The number of halogens is 1. The minimum atomic E-state index is 0.419. The summed E-state index contributed by atoms with van der Waals surface area (Å²) in [6, 6.07) is 26.9. The molecule has 0 radical (unpaired) electrons. The van der Waals surface area contributed by atoms with Crippen LogP contribution >= 0.6 is 11.6 Å². The Labute approximate surface area is 194 Å². The Balaban J connectivity index is 1.54. The van der Waals surface area contributed by atoms with E-state index in [4.69, 9.17) is 21.1 Å². The van der Waals surface area contributed by atoms with E-state index in [0.717, 1.165) is 23.2 Å². The molecule has 0 saturated heterocycles. The Morgan fingerprint density at radius 3 is 2.41 bits per heavy atom. The van der Waals surface area contributed by atoms with Gasteiger partial charge in [0.05, 0.1) is 11.6 Å². The summed E-state index contributed by atoms with van der Waals surface area (Å²) in [4.78, 5) is 0. The van der Waals surface area contributed by atoms with Crippen molar-refractivity contribution in [2.24, 2.45) is 0 Å². The van der Waals surface area contributed by atoms with Gasteiger partial charge >= 0.3 is 0 Å². The second-order valence-electron chi connectivity index (χ2n) is 7.63. The van der Waals surface area contributed by atoms with E-state index in [1.807, 2.05) is 37.3 Å². The molecule has 0 bridgehead atoms. The van der Waals surface area contributed by atoms with Crippen LogP contribution in [0.25, 0.3) is 10.8 Å². The third-order valence-electron chi connectivity index (χ3n) is 5.50. The van der Waals surface area contributed by atoms with Gasteiger partial charge in [0.15, 0.2) is 11.5 Å². The first-order chi connectivity index (χ1) is 15.7. The molecule has 0 unspecified atom stereocenters. The smallest absolute Gasteiger partial charge is 0.180 e. The van der Waals surface area contributed by atoms with Gasteiger partial charge in [-0.3, -0.25) is 0 Å². The SMILES string of the molecule is CCOc1cc(CNc2ccccc2CC)cc(Cl)c1OCc1cccc2ccccc12. The van der Waals surface area contributed by atoms with Crippen LogP contribution in [0, 0.1) is 0 Å². The van der Waals surface area contributed by atoms with Crippen molar-refractivity contribution < 1.29 is 9.47 Å². The molecule has 164 valence electrons. The topological polar surface area (TPSA) is 30.5 Å². The van der Waals surface area contributed by atoms with Crippen LogP contribution in [0.5, 0.6) is 11.5 Å². The van der Waals surface area contributed by atoms with Crippen molar-refractivity contribution in [2.75, 3.05) is 11.9 Å². The lowest BCUT2D eigenvalue weighted by Crippen LogP contribution is -2.05. The number of para-hydroxylation sites is 1. The molecule has 0 heterocycles. The first-order valence-electron chi connectivity index (χ1n) is 11.1. The molecular formula is C28H28ClNO2. The summed E-state index contributed by atoms with van der Waals surface area (Å²) in [5, 5.41) is 6.45. The fourth-order valence-corrected chi connectivity index (χ4v) is 4.18. The molecule has 4 rings (SSSR count). The van der Waals surface area contributed by atoms with Crippen LogP contribution in [0.2, 0.25) is 5.02 Å². The first kappa shape index (κ1) is 22.0. The van der Waals surface area contributed by atoms with Crippen molar-refractivity contribution in [1.29, 1.82) is 0 Å². The summed E-state index contributed by atoms with van der Waals surface area (Å²) in [6.07, 6.45) is 0.981. The van der Waals surface area contributed by atoms with Crippen molar-refractivity contribution in [1.82, 2.24) is 0 Å². The van der Waals surface area contributed by atoms with Gasteiger partial charge in [0.25, 0.3) is 0 Å². The molecule has 0 aliphatic carbocycles. The second-order valence-corrected chi connectivity index (χ2v) is 8.04. The zero-order valence-electron chi connectivity index (χ0n) is 18.5. The van der Waals surface area contributed by atoms with E-state index in [0.29, 0.717) is 36.3 Å². The first-order valence-corrected chi connectivity index (χ1v) is 11.4. The van der Waals surface area contributed by atoms with Gasteiger partial charge in [-0.05, 0) is 59.0 Å². The van der Waals surface area contributed by atoms with E-state index in [2.05, 4.69) is 60.8 Å². The van der Waals surface area contributed by atoms with Crippen LogP contribution in [0.3, 0.4) is 0 Å². The summed E-state index contributed by atoms with van der Waals surface area (Å²) in [7, 11) is 0. The molecule has 0 aliphatic heterocycles. The second kappa shape index (κ2) is 10.4. The maximum atomic E-state index is 6.66. The van der Waals surface area contributed by atoms with Gasteiger partial charge < -0.3 is 14.8 Å². The summed E-state index contributed by atoms with van der Waals surface area (Å²) in [5.41, 5.74) is 4.59. The largest absolute Gasteiger partial charge is 0.490 e. The molecular weight excluding hydrogens is 418 g/mol. The lowest BCUT2D eigenvalue weighted by Gasteiger charge is -2.17. The van der Waals surface area contributed by atoms with Crippen molar-refractivity contribution in [3.05, 3.63) is 101 Å². The maximum absolute atomic E-state index is 6.66. The lowest BCUT2D eigenvalue weighted by atomic mass is 10.1. The number of ether oxygens (including phenoxy) is 2. The summed E-state index contributed by atoms with van der Waals surface area (Å²) in [6.45, 7) is 5.73. The van der Waals surface area contributed by atoms with Gasteiger partial charge in [-0.15, -0.1) is 0 Å². The fourth-order valence-electron chi connectivity index (χ4n) is 3.89. The van der Waals surface area contributed by atoms with E-state index in [9.17, 15) is 0 Å². The van der Waals surface area contributed by atoms with Crippen LogP contribution in [-0.2, 0) is 19.6 Å². The fraction of sp³-hybridized carbons (Fsp3) is 0.214. The molecule has 0 aliphatic rings. The summed E-state index contributed by atoms with van der Waals surface area (Å²) in [5.74, 6) is 1.25. The van der Waals surface area contributed by atoms with Gasteiger partial charge in [-0.2, -0.15) is 0 Å². The molecule has 32 heavy (non-hydrogen) atoms. The molecule has 0 atom stereocenters. The molecule has 0 fully saturated rings. The highest BCUT2D eigenvalue weighted by atomic mass is 35.5. The minimum absolute atomic E-state index is 0.419. The van der Waals surface area contributed by atoms with Gasteiger partial charge in [0.2, 0.25) is 0 Å². The summed E-state index contributed by atoms with van der Waals surface area (Å²) < 4.78 is 12.1. The van der Waals surface area contributed by atoms with Gasteiger partial charge in [-0.25, -0.2) is 0 Å². The number of benzene rings is 4. The van der Waals surface area contributed by atoms with E-state index < -0.39 is 0 Å². The molecule has 3 nitrogen and oxygen atoms in total. The third-order valence-corrected chi connectivity index (χ3v) is 5.78. The lowest BCUT2D eigenvalue weighted by molar-refractivity contribution is 0.270. The Kier molecular flexibility index (Phi) is 7.18. The van der Waals surface area contributed by atoms with Crippen LogP contribution < -0.4 is 14.8 Å². The summed E-state index contributed by atoms with van der Waals surface area (Å²) >= 11 is 6.66. The van der Waals surface area contributed by atoms with E-state index >= 15 is 0 Å². The molecule has 4 heteroatoms. The van der Waals surface area contributed by atoms with Gasteiger partial charge in [-0.1, -0.05) is 79.2 Å². The number of rotatable bonds is 9. The predicted molar refractivity (Wildman–Crippen MR) is 134 cm³/mol. The molecule has 1 N–H and O–H groups in total. The highest BCUT2D eigenvalue weighted by Crippen LogP contribution is 2.38. The van der Waals surface area contributed by atoms with Crippen molar-refractivity contribution in [2.45, 2.75) is 33.4 Å². The van der Waals surface area contributed by atoms with Crippen LogP contribution in [0.4, 0.5) is 5.69 Å². The van der Waals surface area contributed by atoms with Gasteiger partial charge in [0.1, 0.15) is 6.61 Å². The number of hydrogen-bond acceptors (Lipinski definition) is 3. The zero-order valence-corrected chi connectivity index (χ0v) is 19.3. The zero-order chi connectivity index (χ0) is 22.3. The number of fused-ring (bicyclic) bond motifs is 1.